The second kappa shape index (κ2) is 6.31. The SMILES string of the molecule is CC(C)CCS(=O)(=O)CC(=O)N1CCC(=O)CC1. The highest BCUT2D eigenvalue weighted by Gasteiger charge is 2.25. The van der Waals surface area contributed by atoms with Crippen molar-refractivity contribution in [2.45, 2.75) is 33.1 Å². The Morgan fingerprint density at radius 2 is 1.83 bits per heavy atom. The van der Waals surface area contributed by atoms with Crippen molar-refractivity contribution in [1.29, 1.82) is 0 Å². The van der Waals surface area contributed by atoms with E-state index in [2.05, 4.69) is 0 Å². The van der Waals surface area contributed by atoms with E-state index in [1.165, 1.54) is 4.90 Å². The number of Topliss-reactive ketones (excluding diaryl/α,β-unsaturated/α-hetero) is 1. The number of piperidine rings is 1. The number of likely N-dealkylation sites (tertiary alicyclic amines) is 1. The van der Waals surface area contributed by atoms with E-state index in [4.69, 9.17) is 0 Å². The lowest BCUT2D eigenvalue weighted by Gasteiger charge is -2.25. The van der Waals surface area contributed by atoms with E-state index in [9.17, 15) is 18.0 Å². The molecule has 1 rings (SSSR count). The molecule has 1 fully saturated rings. The number of ketones is 1. The smallest absolute Gasteiger partial charge is 0.237 e. The van der Waals surface area contributed by atoms with Gasteiger partial charge in [0.05, 0.1) is 5.75 Å². The Morgan fingerprint density at radius 3 is 2.33 bits per heavy atom. The Hall–Kier alpha value is -0.910. The molecule has 18 heavy (non-hydrogen) atoms. The van der Waals surface area contributed by atoms with Gasteiger partial charge in [0.1, 0.15) is 11.5 Å². The summed E-state index contributed by atoms with van der Waals surface area (Å²) < 4.78 is 23.5. The number of nitrogens with zero attached hydrogens (tertiary/aromatic N) is 1. The molecule has 0 aromatic rings. The first-order chi connectivity index (χ1) is 8.30. The highest BCUT2D eigenvalue weighted by Crippen LogP contribution is 2.09. The van der Waals surface area contributed by atoms with Crippen LogP contribution < -0.4 is 0 Å². The fourth-order valence-corrected chi connectivity index (χ4v) is 3.31. The molecule has 0 aromatic carbocycles. The van der Waals surface area contributed by atoms with Crippen LogP contribution in [0.2, 0.25) is 0 Å². The van der Waals surface area contributed by atoms with Gasteiger partial charge >= 0.3 is 0 Å². The van der Waals surface area contributed by atoms with E-state index in [1.54, 1.807) is 0 Å². The Kier molecular flexibility index (Phi) is 5.31. The molecule has 6 heteroatoms. The average Bonchev–Trinajstić information content (AvgIpc) is 2.27. The van der Waals surface area contributed by atoms with E-state index in [1.807, 2.05) is 13.8 Å². The van der Waals surface area contributed by atoms with E-state index >= 15 is 0 Å². The van der Waals surface area contributed by atoms with Crippen LogP contribution in [0.25, 0.3) is 0 Å². The van der Waals surface area contributed by atoms with Crippen molar-refractivity contribution < 1.29 is 18.0 Å². The molecule has 0 radical (unpaired) electrons. The molecule has 0 unspecified atom stereocenters. The van der Waals surface area contributed by atoms with Gasteiger partial charge in [-0.2, -0.15) is 0 Å². The minimum Gasteiger partial charge on any atom is -0.341 e. The van der Waals surface area contributed by atoms with Gasteiger partial charge in [-0.1, -0.05) is 13.8 Å². The van der Waals surface area contributed by atoms with Crippen molar-refractivity contribution >= 4 is 21.5 Å². The monoisotopic (exact) mass is 275 g/mol. The molecule has 1 aliphatic rings. The standard InChI is InChI=1S/C12H21NO4S/c1-10(2)5-8-18(16,17)9-12(15)13-6-3-11(14)4-7-13/h10H,3-9H2,1-2H3. The highest BCUT2D eigenvalue weighted by atomic mass is 32.2. The summed E-state index contributed by atoms with van der Waals surface area (Å²) in [5.74, 6) is -0.285. The van der Waals surface area contributed by atoms with Gasteiger partial charge in [0.25, 0.3) is 0 Å². The van der Waals surface area contributed by atoms with Crippen LogP contribution in [-0.2, 0) is 19.4 Å². The third-order valence-electron chi connectivity index (χ3n) is 3.02. The number of amides is 1. The molecular weight excluding hydrogens is 254 g/mol. The van der Waals surface area contributed by atoms with Gasteiger partial charge in [-0.05, 0) is 12.3 Å². The van der Waals surface area contributed by atoms with Crippen LogP contribution in [-0.4, -0.2) is 49.6 Å². The number of rotatable bonds is 5. The summed E-state index contributed by atoms with van der Waals surface area (Å²) in [4.78, 5) is 24.3. The molecule has 0 bridgehead atoms. The van der Waals surface area contributed by atoms with Crippen LogP contribution in [0.5, 0.6) is 0 Å². The summed E-state index contributed by atoms with van der Waals surface area (Å²) in [7, 11) is -3.31. The molecule has 0 saturated carbocycles. The summed E-state index contributed by atoms with van der Waals surface area (Å²) in [5.41, 5.74) is 0. The predicted octanol–water partition coefficient (Wildman–Crippen LogP) is 0.639. The quantitative estimate of drug-likeness (QED) is 0.738. The zero-order valence-corrected chi connectivity index (χ0v) is 11.8. The second-order valence-electron chi connectivity index (χ2n) is 5.19. The average molecular weight is 275 g/mol. The third-order valence-corrected chi connectivity index (χ3v) is 4.57. The van der Waals surface area contributed by atoms with Crippen LogP contribution in [0.1, 0.15) is 33.1 Å². The lowest BCUT2D eigenvalue weighted by atomic mass is 10.1. The summed E-state index contributed by atoms with van der Waals surface area (Å²) >= 11 is 0. The van der Waals surface area contributed by atoms with E-state index in [0.29, 0.717) is 38.3 Å². The Balaban J connectivity index is 2.46. The Morgan fingerprint density at radius 1 is 1.28 bits per heavy atom. The molecular formula is C12H21NO4S. The first kappa shape index (κ1) is 15.1. The Bertz CT molecular complexity index is 404. The molecule has 1 aliphatic heterocycles. The summed E-state index contributed by atoms with van der Waals surface area (Å²) in [6.45, 7) is 4.62. The van der Waals surface area contributed by atoms with Gasteiger partial charge in [-0.25, -0.2) is 8.42 Å². The molecule has 0 aromatic heterocycles. The normalized spacial score (nSPS) is 17.3. The van der Waals surface area contributed by atoms with Gasteiger partial charge in [0.2, 0.25) is 5.91 Å². The van der Waals surface area contributed by atoms with Crippen LogP contribution >= 0.6 is 0 Å². The van der Waals surface area contributed by atoms with Gasteiger partial charge in [-0.3, -0.25) is 9.59 Å². The fourth-order valence-electron chi connectivity index (χ4n) is 1.77. The molecule has 0 N–H and O–H groups in total. The van der Waals surface area contributed by atoms with Crippen molar-refractivity contribution in [2.75, 3.05) is 24.6 Å². The predicted molar refractivity (Wildman–Crippen MR) is 68.9 cm³/mol. The molecule has 1 saturated heterocycles. The molecule has 0 spiro atoms. The topological polar surface area (TPSA) is 71.5 Å². The van der Waals surface area contributed by atoms with Gasteiger partial charge in [0, 0.05) is 25.9 Å². The largest absolute Gasteiger partial charge is 0.341 e. The van der Waals surface area contributed by atoms with Gasteiger partial charge in [-0.15, -0.1) is 0 Å². The number of hydrogen-bond acceptors (Lipinski definition) is 4. The maximum atomic E-state index is 11.8. The van der Waals surface area contributed by atoms with Gasteiger partial charge in [0.15, 0.2) is 9.84 Å². The van der Waals surface area contributed by atoms with E-state index in [0.717, 1.165) is 0 Å². The minimum atomic E-state index is -3.31. The molecule has 104 valence electrons. The number of hydrogen-bond donors (Lipinski definition) is 0. The number of sulfone groups is 1. The maximum Gasteiger partial charge on any atom is 0.237 e. The maximum absolute atomic E-state index is 11.8. The van der Waals surface area contributed by atoms with Crippen molar-refractivity contribution in [3.63, 3.8) is 0 Å². The second-order valence-corrected chi connectivity index (χ2v) is 7.38. The lowest BCUT2D eigenvalue weighted by molar-refractivity contribution is -0.132. The first-order valence-electron chi connectivity index (χ1n) is 6.30. The van der Waals surface area contributed by atoms with Crippen molar-refractivity contribution in [1.82, 2.24) is 4.90 Å². The zero-order chi connectivity index (χ0) is 13.8. The van der Waals surface area contributed by atoms with Crippen LogP contribution in [0, 0.1) is 5.92 Å². The lowest BCUT2D eigenvalue weighted by Crippen LogP contribution is -2.41. The molecule has 0 aliphatic carbocycles. The number of carbonyl (C=O) groups excluding carboxylic acids is 2. The summed E-state index contributed by atoms with van der Waals surface area (Å²) in [6.07, 6.45) is 1.27. The molecule has 1 heterocycles. The molecule has 5 nitrogen and oxygen atoms in total. The number of carbonyl (C=O) groups is 2. The molecule has 0 atom stereocenters. The Labute approximate surface area is 108 Å². The third kappa shape index (κ3) is 5.16. The zero-order valence-electron chi connectivity index (χ0n) is 11.0. The summed E-state index contributed by atoms with van der Waals surface area (Å²) in [5, 5.41) is 0. The van der Waals surface area contributed by atoms with Crippen molar-refractivity contribution in [3.8, 4) is 0 Å². The van der Waals surface area contributed by atoms with E-state index in [-0.39, 0.29) is 17.4 Å². The van der Waals surface area contributed by atoms with Crippen molar-refractivity contribution in [3.05, 3.63) is 0 Å². The van der Waals surface area contributed by atoms with Crippen LogP contribution in [0.15, 0.2) is 0 Å². The summed E-state index contributed by atoms with van der Waals surface area (Å²) in [6, 6.07) is 0. The van der Waals surface area contributed by atoms with Gasteiger partial charge < -0.3 is 4.90 Å². The van der Waals surface area contributed by atoms with Crippen LogP contribution in [0.3, 0.4) is 0 Å². The highest BCUT2D eigenvalue weighted by molar-refractivity contribution is 7.92. The van der Waals surface area contributed by atoms with Crippen LogP contribution in [0.4, 0.5) is 0 Å². The molecule has 1 amide bonds. The fraction of sp³-hybridized carbons (Fsp3) is 0.833. The minimum absolute atomic E-state index is 0.0587. The van der Waals surface area contributed by atoms with E-state index < -0.39 is 15.6 Å². The first-order valence-corrected chi connectivity index (χ1v) is 8.12. The van der Waals surface area contributed by atoms with Crippen molar-refractivity contribution in [2.24, 2.45) is 5.92 Å².